The zero-order valence-corrected chi connectivity index (χ0v) is 16.7. The highest BCUT2D eigenvalue weighted by molar-refractivity contribution is 5.96. The Morgan fingerprint density at radius 2 is 2.27 bits per heavy atom. The van der Waals surface area contributed by atoms with Crippen molar-refractivity contribution in [3.63, 3.8) is 0 Å². The summed E-state index contributed by atoms with van der Waals surface area (Å²) < 4.78 is 11.9. The van der Waals surface area contributed by atoms with Crippen LogP contribution in [0.3, 0.4) is 0 Å². The minimum absolute atomic E-state index is 0.00576. The van der Waals surface area contributed by atoms with Crippen LogP contribution in [0.1, 0.15) is 19.0 Å². The second kappa shape index (κ2) is 9.00. The summed E-state index contributed by atoms with van der Waals surface area (Å²) >= 11 is 0. The molecule has 4 heterocycles. The molecule has 30 heavy (non-hydrogen) atoms. The minimum Gasteiger partial charge on any atom is -0.493 e. The number of carbonyl (C=O) groups excluding carboxylic acids is 1. The Balaban J connectivity index is 1.39. The Kier molecular flexibility index (Phi) is 5.99. The molecular formula is C21H25N5O4. The number of nitrogens with one attached hydrogen (secondary N) is 2. The summed E-state index contributed by atoms with van der Waals surface area (Å²) in [6.07, 6.45) is 9.88. The Morgan fingerprint density at radius 1 is 1.43 bits per heavy atom. The lowest BCUT2D eigenvalue weighted by molar-refractivity contribution is -0.117. The van der Waals surface area contributed by atoms with Crippen molar-refractivity contribution in [2.24, 2.45) is 5.92 Å². The van der Waals surface area contributed by atoms with Crippen LogP contribution in [-0.4, -0.2) is 52.6 Å². The molecule has 0 aromatic carbocycles. The summed E-state index contributed by atoms with van der Waals surface area (Å²) in [6, 6.07) is 3.50. The van der Waals surface area contributed by atoms with Crippen LogP contribution in [0.25, 0.3) is 11.1 Å². The fourth-order valence-electron chi connectivity index (χ4n) is 3.51. The molecule has 2 aromatic heterocycles. The van der Waals surface area contributed by atoms with Gasteiger partial charge < -0.3 is 25.2 Å². The maximum atomic E-state index is 12.4. The van der Waals surface area contributed by atoms with E-state index in [9.17, 15) is 9.90 Å². The fourth-order valence-corrected chi connectivity index (χ4v) is 3.51. The van der Waals surface area contributed by atoms with Gasteiger partial charge in [0.15, 0.2) is 0 Å². The number of hydrogen-bond donors (Lipinski definition) is 3. The second-order valence-corrected chi connectivity index (χ2v) is 7.25. The molecule has 158 valence electrons. The Hall–Kier alpha value is -3.33. The first-order chi connectivity index (χ1) is 14.7. The molecule has 0 radical (unpaired) electrons. The number of dihydropyridines is 1. The van der Waals surface area contributed by atoms with Gasteiger partial charge in [-0.2, -0.15) is 5.10 Å². The number of nitrogens with zero attached hydrogens (tertiary/aromatic N) is 3. The molecule has 4 rings (SSSR count). The molecule has 0 bridgehead atoms. The van der Waals surface area contributed by atoms with E-state index < -0.39 is 6.17 Å². The van der Waals surface area contributed by atoms with Gasteiger partial charge in [-0.3, -0.25) is 4.79 Å². The summed E-state index contributed by atoms with van der Waals surface area (Å²) in [6.45, 7) is 2.16. The van der Waals surface area contributed by atoms with Crippen molar-refractivity contribution >= 4 is 5.91 Å². The van der Waals surface area contributed by atoms with Gasteiger partial charge in [-0.15, -0.1) is 0 Å². The SMILES string of the molecule is COc1cc(-c2cnn(C3C=CC(C(=O)NCC4CCOCC4)=CN3)c2O)ccn1. The number of methoxy groups -OCH3 is 1. The number of ether oxygens (including phenoxy) is 2. The van der Waals surface area contributed by atoms with E-state index in [1.165, 1.54) is 11.8 Å². The van der Waals surface area contributed by atoms with E-state index in [1.807, 2.05) is 0 Å². The summed E-state index contributed by atoms with van der Waals surface area (Å²) in [5.74, 6) is 0.793. The van der Waals surface area contributed by atoms with Crippen LogP contribution in [0.15, 0.2) is 48.5 Å². The number of rotatable bonds is 6. The maximum Gasteiger partial charge on any atom is 0.252 e. The first kappa shape index (κ1) is 20.0. The highest BCUT2D eigenvalue weighted by Gasteiger charge is 2.21. The van der Waals surface area contributed by atoms with Gasteiger partial charge in [-0.05, 0) is 42.5 Å². The molecule has 3 N–H and O–H groups in total. The van der Waals surface area contributed by atoms with Crippen molar-refractivity contribution < 1.29 is 19.4 Å². The average Bonchev–Trinajstić information content (AvgIpc) is 3.19. The third-order valence-corrected chi connectivity index (χ3v) is 5.31. The Morgan fingerprint density at radius 3 is 3.00 bits per heavy atom. The van der Waals surface area contributed by atoms with Crippen molar-refractivity contribution in [2.75, 3.05) is 26.9 Å². The van der Waals surface area contributed by atoms with Crippen molar-refractivity contribution in [2.45, 2.75) is 19.0 Å². The molecule has 9 heteroatoms. The van der Waals surface area contributed by atoms with Gasteiger partial charge in [0, 0.05) is 38.2 Å². The lowest BCUT2D eigenvalue weighted by Crippen LogP contribution is -2.34. The lowest BCUT2D eigenvalue weighted by atomic mass is 10.0. The van der Waals surface area contributed by atoms with Gasteiger partial charge in [0.1, 0.15) is 6.17 Å². The zero-order chi connectivity index (χ0) is 20.9. The summed E-state index contributed by atoms with van der Waals surface area (Å²) in [5.41, 5.74) is 1.84. The molecule has 1 atom stereocenters. The standard InChI is InChI=1S/C21H25N5O4/c1-29-19-10-15(4-7-22-19)17-13-25-26(21(17)28)18-3-2-16(12-23-18)20(27)24-11-14-5-8-30-9-6-14/h2-4,7,10,12-14,18,23,28H,5-6,8-9,11H2,1H3,(H,24,27). The molecule has 2 aromatic rings. The van der Waals surface area contributed by atoms with Gasteiger partial charge in [-0.1, -0.05) is 0 Å². The van der Waals surface area contributed by atoms with Crippen molar-refractivity contribution in [3.8, 4) is 22.9 Å². The van der Waals surface area contributed by atoms with Crippen LogP contribution < -0.4 is 15.4 Å². The largest absolute Gasteiger partial charge is 0.493 e. The van der Waals surface area contributed by atoms with E-state index in [0.29, 0.717) is 29.5 Å². The number of pyridine rings is 1. The monoisotopic (exact) mass is 411 g/mol. The molecular weight excluding hydrogens is 386 g/mol. The highest BCUT2D eigenvalue weighted by Crippen LogP contribution is 2.32. The third-order valence-electron chi connectivity index (χ3n) is 5.31. The van der Waals surface area contributed by atoms with E-state index in [-0.39, 0.29) is 11.8 Å². The second-order valence-electron chi connectivity index (χ2n) is 7.25. The van der Waals surface area contributed by atoms with Crippen LogP contribution in [-0.2, 0) is 9.53 Å². The molecule has 2 aliphatic rings. The fraction of sp³-hybridized carbons (Fsp3) is 0.381. The van der Waals surface area contributed by atoms with Crippen molar-refractivity contribution in [3.05, 3.63) is 48.5 Å². The number of carbonyl (C=O) groups is 1. The van der Waals surface area contributed by atoms with E-state index >= 15 is 0 Å². The van der Waals surface area contributed by atoms with E-state index in [2.05, 4.69) is 20.7 Å². The van der Waals surface area contributed by atoms with E-state index in [4.69, 9.17) is 9.47 Å². The maximum absolute atomic E-state index is 12.4. The van der Waals surface area contributed by atoms with Gasteiger partial charge in [-0.25, -0.2) is 9.67 Å². The number of hydrogen-bond acceptors (Lipinski definition) is 7. The smallest absolute Gasteiger partial charge is 0.252 e. The molecule has 1 fully saturated rings. The molecule has 0 spiro atoms. The van der Waals surface area contributed by atoms with Crippen LogP contribution >= 0.6 is 0 Å². The van der Waals surface area contributed by atoms with E-state index in [1.54, 1.807) is 42.9 Å². The van der Waals surface area contributed by atoms with E-state index in [0.717, 1.165) is 31.6 Å². The molecule has 2 aliphatic heterocycles. The van der Waals surface area contributed by atoms with Crippen molar-refractivity contribution in [1.29, 1.82) is 0 Å². The van der Waals surface area contributed by atoms with Gasteiger partial charge >= 0.3 is 0 Å². The average molecular weight is 411 g/mol. The third kappa shape index (κ3) is 4.30. The Bertz CT molecular complexity index is 962. The lowest BCUT2D eigenvalue weighted by Gasteiger charge is -2.23. The van der Waals surface area contributed by atoms with Gasteiger partial charge in [0.05, 0.1) is 24.4 Å². The number of amides is 1. The minimum atomic E-state index is -0.408. The topological polar surface area (TPSA) is 111 Å². The van der Waals surface area contributed by atoms with Crippen LogP contribution in [0.2, 0.25) is 0 Å². The van der Waals surface area contributed by atoms with Gasteiger partial charge in [0.2, 0.25) is 11.8 Å². The predicted octanol–water partition coefficient (Wildman–Crippen LogP) is 1.74. The molecule has 1 amide bonds. The highest BCUT2D eigenvalue weighted by atomic mass is 16.5. The number of aromatic nitrogens is 3. The molecule has 1 saturated heterocycles. The normalized spacial score (nSPS) is 19.1. The van der Waals surface area contributed by atoms with Crippen LogP contribution in [0.5, 0.6) is 11.8 Å². The summed E-state index contributed by atoms with van der Waals surface area (Å²) in [5, 5.41) is 21.0. The first-order valence-corrected chi connectivity index (χ1v) is 9.93. The predicted molar refractivity (Wildman–Crippen MR) is 110 cm³/mol. The van der Waals surface area contributed by atoms with Crippen molar-refractivity contribution in [1.82, 2.24) is 25.4 Å². The molecule has 9 nitrogen and oxygen atoms in total. The zero-order valence-electron chi connectivity index (χ0n) is 16.7. The summed E-state index contributed by atoms with van der Waals surface area (Å²) in [4.78, 5) is 16.5. The van der Waals surface area contributed by atoms with Crippen LogP contribution in [0, 0.1) is 5.92 Å². The van der Waals surface area contributed by atoms with Crippen LogP contribution in [0.4, 0.5) is 0 Å². The summed E-state index contributed by atoms with van der Waals surface area (Å²) in [7, 11) is 1.54. The molecule has 1 unspecified atom stereocenters. The number of aromatic hydroxyl groups is 1. The first-order valence-electron chi connectivity index (χ1n) is 9.93. The molecule has 0 aliphatic carbocycles. The molecule has 0 saturated carbocycles. The Labute approximate surface area is 174 Å². The van der Waals surface area contributed by atoms with Gasteiger partial charge in [0.25, 0.3) is 5.91 Å². The quantitative estimate of drug-likeness (QED) is 0.664.